The van der Waals surface area contributed by atoms with Crippen LogP contribution >= 0.6 is 11.8 Å². The zero-order chi connectivity index (χ0) is 15.4. The molecular weight excluding hydrogens is 282 g/mol. The van der Waals surface area contributed by atoms with Gasteiger partial charge in [-0.05, 0) is 36.9 Å². The molecule has 2 aromatic rings. The van der Waals surface area contributed by atoms with Gasteiger partial charge in [0.2, 0.25) is 0 Å². The third-order valence-corrected chi connectivity index (χ3v) is 4.01. The van der Waals surface area contributed by atoms with Gasteiger partial charge < -0.3 is 10.6 Å². The van der Waals surface area contributed by atoms with Gasteiger partial charge in [0.25, 0.3) is 5.91 Å². The third-order valence-electron chi connectivity index (χ3n) is 3.26. The lowest BCUT2D eigenvalue weighted by Gasteiger charge is -2.18. The van der Waals surface area contributed by atoms with E-state index >= 15 is 0 Å². The Balaban J connectivity index is 2.13. The molecule has 0 saturated carbocycles. The summed E-state index contributed by atoms with van der Waals surface area (Å²) in [6.07, 6.45) is 3.60. The Bertz CT molecular complexity index is 640. The molecule has 110 valence electrons. The molecule has 0 bridgehead atoms. The maximum absolute atomic E-state index is 12.5. The predicted molar refractivity (Wildman–Crippen MR) is 87.4 cm³/mol. The predicted octanol–water partition coefficient (Wildman–Crippen LogP) is 2.97. The molecule has 1 amide bonds. The monoisotopic (exact) mass is 301 g/mol. The second-order valence-corrected chi connectivity index (χ2v) is 5.79. The van der Waals surface area contributed by atoms with E-state index in [0.29, 0.717) is 23.5 Å². The summed E-state index contributed by atoms with van der Waals surface area (Å²) < 4.78 is 0. The van der Waals surface area contributed by atoms with Crippen molar-refractivity contribution < 1.29 is 4.79 Å². The van der Waals surface area contributed by atoms with Crippen LogP contribution in [0.25, 0.3) is 0 Å². The molecular formula is C16H19N3OS. The van der Waals surface area contributed by atoms with E-state index in [1.165, 1.54) is 4.90 Å². The number of amides is 1. The first-order chi connectivity index (χ1) is 10.0. The number of pyridine rings is 1. The van der Waals surface area contributed by atoms with Crippen LogP contribution in [0.4, 0.5) is 5.69 Å². The number of hydrogen-bond acceptors (Lipinski definition) is 4. The normalized spacial score (nSPS) is 10.4. The summed E-state index contributed by atoms with van der Waals surface area (Å²) in [5.74, 6) is -0.0683. The van der Waals surface area contributed by atoms with Gasteiger partial charge in [0, 0.05) is 18.5 Å². The molecule has 0 aliphatic carbocycles. The number of carbonyl (C=O) groups is 1. The highest BCUT2D eigenvalue weighted by atomic mass is 32.2. The number of rotatable bonds is 4. The summed E-state index contributed by atoms with van der Waals surface area (Å²) in [4.78, 5) is 19.5. The van der Waals surface area contributed by atoms with Gasteiger partial charge in [-0.15, -0.1) is 11.8 Å². The summed E-state index contributed by atoms with van der Waals surface area (Å²) in [7, 11) is 1.79. The third kappa shape index (κ3) is 3.76. The SMILES string of the molecule is CSc1ccc(CN(C)C(=O)c2cc(N)cnc2C)cc1. The number of nitrogens with zero attached hydrogens (tertiary/aromatic N) is 2. The topological polar surface area (TPSA) is 59.2 Å². The zero-order valence-corrected chi connectivity index (χ0v) is 13.3. The van der Waals surface area contributed by atoms with E-state index < -0.39 is 0 Å². The molecule has 21 heavy (non-hydrogen) atoms. The van der Waals surface area contributed by atoms with Crippen LogP contribution in [0.15, 0.2) is 41.4 Å². The number of thioether (sulfide) groups is 1. The first-order valence-corrected chi connectivity index (χ1v) is 7.84. The summed E-state index contributed by atoms with van der Waals surface area (Å²) in [5.41, 5.74) is 8.56. The molecule has 2 N–H and O–H groups in total. The molecule has 1 heterocycles. The van der Waals surface area contributed by atoms with Crippen molar-refractivity contribution in [2.45, 2.75) is 18.4 Å². The molecule has 1 aromatic heterocycles. The lowest BCUT2D eigenvalue weighted by Crippen LogP contribution is -2.27. The van der Waals surface area contributed by atoms with Crippen molar-refractivity contribution in [3.8, 4) is 0 Å². The van der Waals surface area contributed by atoms with Gasteiger partial charge in [0.05, 0.1) is 23.1 Å². The lowest BCUT2D eigenvalue weighted by molar-refractivity contribution is 0.0784. The van der Waals surface area contributed by atoms with Gasteiger partial charge in [-0.25, -0.2) is 0 Å². The van der Waals surface area contributed by atoms with E-state index in [0.717, 1.165) is 5.56 Å². The number of nitrogens with two attached hydrogens (primary N) is 1. The highest BCUT2D eigenvalue weighted by Gasteiger charge is 2.15. The maximum Gasteiger partial charge on any atom is 0.255 e. The minimum Gasteiger partial charge on any atom is -0.397 e. The smallest absolute Gasteiger partial charge is 0.255 e. The summed E-state index contributed by atoms with van der Waals surface area (Å²) in [6.45, 7) is 2.37. The molecule has 0 radical (unpaired) electrons. The number of aromatic nitrogens is 1. The standard InChI is InChI=1S/C16H19N3OS/c1-11-15(8-13(17)9-18-11)16(20)19(2)10-12-4-6-14(21-3)7-5-12/h4-9H,10,17H2,1-3H3. The molecule has 2 rings (SSSR count). The van der Waals surface area contributed by atoms with Crippen LogP contribution in [0.5, 0.6) is 0 Å². The van der Waals surface area contributed by atoms with E-state index in [4.69, 9.17) is 5.73 Å². The first kappa shape index (κ1) is 15.4. The molecule has 0 fully saturated rings. The van der Waals surface area contributed by atoms with Crippen LogP contribution in [0.3, 0.4) is 0 Å². The lowest BCUT2D eigenvalue weighted by atomic mass is 10.1. The van der Waals surface area contributed by atoms with Crippen molar-refractivity contribution in [3.05, 3.63) is 53.3 Å². The van der Waals surface area contributed by atoms with Crippen LogP contribution in [0.2, 0.25) is 0 Å². The summed E-state index contributed by atoms with van der Waals surface area (Å²) in [5, 5.41) is 0. The summed E-state index contributed by atoms with van der Waals surface area (Å²) >= 11 is 1.70. The molecule has 5 heteroatoms. The fraction of sp³-hybridized carbons (Fsp3) is 0.250. The van der Waals surface area contributed by atoms with Crippen LogP contribution in [-0.2, 0) is 6.54 Å². The number of anilines is 1. The highest BCUT2D eigenvalue weighted by molar-refractivity contribution is 7.98. The minimum absolute atomic E-state index is 0.0683. The Morgan fingerprint density at radius 3 is 2.62 bits per heavy atom. The van der Waals surface area contributed by atoms with Crippen molar-refractivity contribution in [1.82, 2.24) is 9.88 Å². The molecule has 0 atom stereocenters. The minimum atomic E-state index is -0.0683. The quantitative estimate of drug-likeness (QED) is 0.882. The second kappa shape index (κ2) is 6.63. The number of benzene rings is 1. The average Bonchev–Trinajstić information content (AvgIpc) is 2.49. The molecule has 0 aliphatic rings. The van der Waals surface area contributed by atoms with E-state index in [1.807, 2.05) is 25.3 Å². The van der Waals surface area contributed by atoms with Gasteiger partial charge in [-0.3, -0.25) is 9.78 Å². The van der Waals surface area contributed by atoms with Gasteiger partial charge in [-0.2, -0.15) is 0 Å². The molecule has 0 aliphatic heterocycles. The van der Waals surface area contributed by atoms with Crippen molar-refractivity contribution in [2.75, 3.05) is 19.0 Å². The fourth-order valence-corrected chi connectivity index (χ4v) is 2.46. The Morgan fingerprint density at radius 2 is 2.00 bits per heavy atom. The molecule has 0 saturated heterocycles. The van der Waals surface area contributed by atoms with Gasteiger partial charge in [-0.1, -0.05) is 12.1 Å². The molecule has 0 spiro atoms. The number of hydrogen-bond donors (Lipinski definition) is 1. The van der Waals surface area contributed by atoms with Crippen LogP contribution in [-0.4, -0.2) is 29.1 Å². The van der Waals surface area contributed by atoms with Crippen molar-refractivity contribution in [1.29, 1.82) is 0 Å². The summed E-state index contributed by atoms with van der Waals surface area (Å²) in [6, 6.07) is 9.88. The van der Waals surface area contributed by atoms with Crippen molar-refractivity contribution >= 4 is 23.4 Å². The Morgan fingerprint density at radius 1 is 1.33 bits per heavy atom. The first-order valence-electron chi connectivity index (χ1n) is 6.61. The fourth-order valence-electron chi connectivity index (χ4n) is 2.05. The van der Waals surface area contributed by atoms with Gasteiger partial charge >= 0.3 is 0 Å². The van der Waals surface area contributed by atoms with Crippen LogP contribution in [0.1, 0.15) is 21.6 Å². The number of carbonyl (C=O) groups excluding carboxylic acids is 1. The van der Waals surface area contributed by atoms with Crippen molar-refractivity contribution in [2.24, 2.45) is 0 Å². The highest BCUT2D eigenvalue weighted by Crippen LogP contribution is 2.17. The number of nitrogen functional groups attached to an aromatic ring is 1. The van der Waals surface area contributed by atoms with E-state index in [-0.39, 0.29) is 5.91 Å². The van der Waals surface area contributed by atoms with Crippen LogP contribution in [0, 0.1) is 6.92 Å². The van der Waals surface area contributed by atoms with E-state index in [1.54, 1.807) is 36.0 Å². The Labute approximate surface area is 129 Å². The van der Waals surface area contributed by atoms with Gasteiger partial charge in [0.15, 0.2) is 0 Å². The Kier molecular flexibility index (Phi) is 4.85. The average molecular weight is 301 g/mol. The number of aryl methyl sites for hydroxylation is 1. The molecule has 0 unspecified atom stereocenters. The van der Waals surface area contributed by atoms with Gasteiger partial charge in [0.1, 0.15) is 0 Å². The van der Waals surface area contributed by atoms with Crippen molar-refractivity contribution in [3.63, 3.8) is 0 Å². The second-order valence-electron chi connectivity index (χ2n) is 4.91. The van der Waals surface area contributed by atoms with Crippen LogP contribution < -0.4 is 5.73 Å². The van der Waals surface area contributed by atoms with E-state index in [2.05, 4.69) is 17.1 Å². The largest absolute Gasteiger partial charge is 0.397 e. The Hall–Kier alpha value is -2.01. The van der Waals surface area contributed by atoms with E-state index in [9.17, 15) is 4.79 Å². The maximum atomic E-state index is 12.5. The zero-order valence-electron chi connectivity index (χ0n) is 12.5. The molecule has 1 aromatic carbocycles. The molecule has 4 nitrogen and oxygen atoms in total.